The SMILES string of the molecule is C[NH+](C)C.[S-]c1ccccc1. The molecule has 1 N–H and O–H groups in total. The third-order valence-corrected chi connectivity index (χ3v) is 1.02. The summed E-state index contributed by atoms with van der Waals surface area (Å²) in [5.41, 5.74) is 0. The van der Waals surface area contributed by atoms with Gasteiger partial charge < -0.3 is 17.5 Å². The van der Waals surface area contributed by atoms with Crippen molar-refractivity contribution < 1.29 is 4.90 Å². The highest BCUT2D eigenvalue weighted by Gasteiger charge is 1.63. The van der Waals surface area contributed by atoms with E-state index in [9.17, 15) is 0 Å². The van der Waals surface area contributed by atoms with Gasteiger partial charge in [0.15, 0.2) is 0 Å². The lowest BCUT2D eigenvalue weighted by atomic mass is 10.4. The van der Waals surface area contributed by atoms with E-state index in [1.54, 1.807) is 0 Å². The summed E-state index contributed by atoms with van der Waals surface area (Å²) >= 11 is 4.81. The van der Waals surface area contributed by atoms with Crippen LogP contribution >= 0.6 is 0 Å². The average Bonchev–Trinajstić information content (AvgIpc) is 1.87. The van der Waals surface area contributed by atoms with Crippen molar-refractivity contribution in [2.45, 2.75) is 4.90 Å². The molecule has 1 nitrogen and oxygen atoms in total. The van der Waals surface area contributed by atoms with Gasteiger partial charge in [-0.15, -0.1) is 0 Å². The standard InChI is InChI=1S/C6H6S.C3H9N/c7-6-4-2-1-3-5-6;1-4(2)3/h1-5,7H;1-3H3. The van der Waals surface area contributed by atoms with Crippen molar-refractivity contribution in [3.8, 4) is 0 Å². The van der Waals surface area contributed by atoms with Gasteiger partial charge in [-0.05, 0) is 0 Å². The molecular weight excluding hydrogens is 154 g/mol. The van der Waals surface area contributed by atoms with Crippen LogP contribution in [-0.4, -0.2) is 21.1 Å². The summed E-state index contributed by atoms with van der Waals surface area (Å²) in [6.45, 7) is 0. The van der Waals surface area contributed by atoms with Gasteiger partial charge in [0.1, 0.15) is 0 Å². The molecular formula is C9H15NS. The number of rotatable bonds is 0. The summed E-state index contributed by atoms with van der Waals surface area (Å²) < 4.78 is 0. The number of hydrogen-bond donors (Lipinski definition) is 1. The second-order valence-corrected chi connectivity index (χ2v) is 3.28. The molecule has 0 atom stereocenters. The van der Waals surface area contributed by atoms with E-state index in [2.05, 4.69) is 21.1 Å². The lowest BCUT2D eigenvalue weighted by Crippen LogP contribution is -3.02. The Hall–Kier alpha value is -0.600. The van der Waals surface area contributed by atoms with E-state index in [0.717, 1.165) is 4.90 Å². The molecule has 1 aromatic carbocycles. The smallest absolute Gasteiger partial charge is 0.0661 e. The van der Waals surface area contributed by atoms with Crippen molar-refractivity contribution in [3.63, 3.8) is 0 Å². The molecule has 0 aromatic heterocycles. The molecule has 0 fully saturated rings. The van der Waals surface area contributed by atoms with E-state index in [0.29, 0.717) is 0 Å². The summed E-state index contributed by atoms with van der Waals surface area (Å²) in [6, 6.07) is 9.62. The Morgan fingerprint density at radius 1 is 1.00 bits per heavy atom. The highest BCUT2D eigenvalue weighted by atomic mass is 32.1. The Balaban J connectivity index is 0.000000218. The Kier molecular flexibility index (Phi) is 5.80. The molecule has 0 heterocycles. The lowest BCUT2D eigenvalue weighted by Gasteiger charge is -1.98. The van der Waals surface area contributed by atoms with Gasteiger partial charge in [-0.25, -0.2) is 0 Å². The highest BCUT2D eigenvalue weighted by molar-refractivity contribution is 7.58. The van der Waals surface area contributed by atoms with E-state index in [4.69, 9.17) is 12.6 Å². The molecule has 0 saturated carbocycles. The molecule has 0 aliphatic carbocycles. The molecule has 0 unspecified atom stereocenters. The van der Waals surface area contributed by atoms with Gasteiger partial charge in [0, 0.05) is 0 Å². The largest absolute Gasteiger partial charge is 0.780 e. The van der Waals surface area contributed by atoms with Crippen molar-refractivity contribution in [1.82, 2.24) is 0 Å². The maximum absolute atomic E-state index is 4.81. The number of hydrogen-bond acceptors (Lipinski definition) is 1. The van der Waals surface area contributed by atoms with Crippen molar-refractivity contribution >= 4 is 12.6 Å². The first-order chi connectivity index (χ1) is 5.13. The van der Waals surface area contributed by atoms with E-state index < -0.39 is 0 Å². The topological polar surface area (TPSA) is 4.44 Å². The Bertz CT molecular complexity index is 169. The first-order valence-corrected chi connectivity index (χ1v) is 4.02. The van der Waals surface area contributed by atoms with Gasteiger partial charge in [-0.2, -0.15) is 4.90 Å². The van der Waals surface area contributed by atoms with Gasteiger partial charge in [-0.1, -0.05) is 30.3 Å². The Labute approximate surface area is 74.4 Å². The Morgan fingerprint density at radius 2 is 1.36 bits per heavy atom. The monoisotopic (exact) mass is 169 g/mol. The van der Waals surface area contributed by atoms with Crippen LogP contribution in [0.25, 0.3) is 0 Å². The first-order valence-electron chi connectivity index (χ1n) is 3.61. The molecule has 0 saturated heterocycles. The maximum Gasteiger partial charge on any atom is 0.0661 e. The predicted octanol–water partition coefficient (Wildman–Crippen LogP) is 0.353. The second-order valence-electron chi connectivity index (χ2n) is 2.81. The van der Waals surface area contributed by atoms with E-state index >= 15 is 0 Å². The maximum atomic E-state index is 4.81. The normalized spacial score (nSPS) is 8.73. The second kappa shape index (κ2) is 6.13. The van der Waals surface area contributed by atoms with Gasteiger partial charge >= 0.3 is 0 Å². The molecule has 1 rings (SSSR count). The zero-order valence-corrected chi connectivity index (χ0v) is 8.11. The quantitative estimate of drug-likeness (QED) is 0.549. The van der Waals surface area contributed by atoms with Crippen LogP contribution in [-0.2, 0) is 12.6 Å². The van der Waals surface area contributed by atoms with Crippen LogP contribution in [0.4, 0.5) is 0 Å². The molecule has 1 aromatic rings. The first kappa shape index (κ1) is 10.4. The highest BCUT2D eigenvalue weighted by Crippen LogP contribution is 1.92. The molecule has 11 heavy (non-hydrogen) atoms. The van der Waals surface area contributed by atoms with Crippen molar-refractivity contribution in [2.24, 2.45) is 0 Å². The van der Waals surface area contributed by atoms with Crippen LogP contribution in [0.3, 0.4) is 0 Å². The zero-order valence-electron chi connectivity index (χ0n) is 7.29. The van der Waals surface area contributed by atoms with E-state index in [1.807, 2.05) is 30.3 Å². The van der Waals surface area contributed by atoms with E-state index in [1.165, 1.54) is 4.90 Å². The fraction of sp³-hybridized carbons (Fsp3) is 0.333. The third kappa shape index (κ3) is 9.40. The summed E-state index contributed by atoms with van der Waals surface area (Å²) in [4.78, 5) is 2.32. The summed E-state index contributed by atoms with van der Waals surface area (Å²) in [5, 5.41) is 0. The number of quaternary nitrogens is 1. The van der Waals surface area contributed by atoms with Crippen LogP contribution < -0.4 is 4.90 Å². The van der Waals surface area contributed by atoms with Crippen LogP contribution in [0.2, 0.25) is 0 Å². The van der Waals surface area contributed by atoms with Crippen LogP contribution in [0, 0.1) is 0 Å². The van der Waals surface area contributed by atoms with Crippen LogP contribution in [0.1, 0.15) is 0 Å². The molecule has 0 amide bonds. The number of nitrogens with one attached hydrogen (secondary N) is 1. The Morgan fingerprint density at radius 3 is 1.55 bits per heavy atom. The van der Waals surface area contributed by atoms with Crippen molar-refractivity contribution in [3.05, 3.63) is 30.3 Å². The minimum atomic E-state index is 0.905. The van der Waals surface area contributed by atoms with Gasteiger partial charge in [0.05, 0.1) is 21.1 Å². The minimum Gasteiger partial charge on any atom is -0.780 e. The molecule has 2 heteroatoms. The fourth-order valence-electron chi connectivity index (χ4n) is 0.420. The molecule has 0 bridgehead atoms. The lowest BCUT2D eigenvalue weighted by molar-refractivity contribution is -0.836. The minimum absolute atomic E-state index is 0.905. The molecule has 0 aliphatic heterocycles. The predicted molar refractivity (Wildman–Crippen MR) is 50.8 cm³/mol. The summed E-state index contributed by atoms with van der Waals surface area (Å²) in [5.74, 6) is 0. The number of benzene rings is 1. The van der Waals surface area contributed by atoms with Gasteiger partial charge in [0.25, 0.3) is 0 Å². The summed E-state index contributed by atoms with van der Waals surface area (Å²) in [6.07, 6.45) is 0. The van der Waals surface area contributed by atoms with E-state index in [-0.39, 0.29) is 0 Å². The molecule has 0 spiro atoms. The molecule has 0 aliphatic rings. The van der Waals surface area contributed by atoms with Crippen LogP contribution in [0.15, 0.2) is 35.2 Å². The average molecular weight is 169 g/mol. The van der Waals surface area contributed by atoms with Gasteiger partial charge in [-0.3, -0.25) is 0 Å². The van der Waals surface area contributed by atoms with Crippen molar-refractivity contribution in [1.29, 1.82) is 0 Å². The van der Waals surface area contributed by atoms with Gasteiger partial charge in [0.2, 0.25) is 0 Å². The zero-order chi connectivity index (χ0) is 8.69. The molecule has 62 valence electrons. The third-order valence-electron chi connectivity index (χ3n) is 0.743. The molecule has 0 radical (unpaired) electrons. The fourth-order valence-corrected chi connectivity index (χ4v) is 0.578. The van der Waals surface area contributed by atoms with Crippen molar-refractivity contribution in [2.75, 3.05) is 21.1 Å². The van der Waals surface area contributed by atoms with Crippen LogP contribution in [0.5, 0.6) is 0 Å². The summed E-state index contributed by atoms with van der Waals surface area (Å²) in [7, 11) is 6.25.